The number of carbonyl (C=O) groups is 1. The number of hydrogen-bond donors (Lipinski definition) is 1. The molecule has 6 heteroatoms. The van der Waals surface area contributed by atoms with Crippen molar-refractivity contribution < 1.29 is 14.1 Å². The number of piperidine rings is 1. The van der Waals surface area contributed by atoms with Crippen molar-refractivity contribution in [2.75, 3.05) is 18.4 Å². The molecule has 1 saturated heterocycles. The molecule has 0 saturated carbocycles. The Bertz CT molecular complexity index is 1050. The van der Waals surface area contributed by atoms with Gasteiger partial charge in [-0.05, 0) is 87.7 Å². The molecule has 6 nitrogen and oxygen atoms in total. The lowest BCUT2D eigenvalue weighted by atomic mass is 10.1. The first-order valence-corrected chi connectivity index (χ1v) is 11.3. The highest BCUT2D eigenvalue weighted by molar-refractivity contribution is 6.03. The van der Waals surface area contributed by atoms with E-state index in [0.717, 1.165) is 42.2 Å². The number of nitrogens with one attached hydrogen (secondary N) is 1. The molecule has 0 bridgehead atoms. The summed E-state index contributed by atoms with van der Waals surface area (Å²) in [7, 11) is 0. The highest BCUT2D eigenvalue weighted by Gasteiger charge is 2.21. The Hall–Kier alpha value is -3.12. The molecular formula is C26H31N3O3. The van der Waals surface area contributed by atoms with Crippen molar-refractivity contribution in [3.05, 3.63) is 76.2 Å². The van der Waals surface area contributed by atoms with E-state index in [-0.39, 0.29) is 18.2 Å². The van der Waals surface area contributed by atoms with Crippen LogP contribution in [0.15, 0.2) is 47.0 Å². The summed E-state index contributed by atoms with van der Waals surface area (Å²) < 4.78 is 11.2. The fourth-order valence-electron chi connectivity index (χ4n) is 4.17. The van der Waals surface area contributed by atoms with Gasteiger partial charge in [0.25, 0.3) is 5.91 Å². The van der Waals surface area contributed by atoms with Crippen molar-refractivity contribution in [1.29, 1.82) is 0 Å². The minimum absolute atomic E-state index is 0.218. The van der Waals surface area contributed by atoms with Gasteiger partial charge in [0, 0.05) is 12.2 Å². The van der Waals surface area contributed by atoms with E-state index in [2.05, 4.69) is 33.6 Å². The quantitative estimate of drug-likeness (QED) is 0.539. The molecule has 4 rings (SSSR count). The van der Waals surface area contributed by atoms with Crippen LogP contribution in [0.1, 0.15) is 57.8 Å². The smallest absolute Gasteiger partial charge is 0.278 e. The Labute approximate surface area is 189 Å². The van der Waals surface area contributed by atoms with Gasteiger partial charge in [-0.1, -0.05) is 29.8 Å². The Morgan fingerprint density at radius 3 is 2.41 bits per heavy atom. The minimum atomic E-state index is -0.301. The summed E-state index contributed by atoms with van der Waals surface area (Å²) in [4.78, 5) is 15.4. The van der Waals surface area contributed by atoms with Crippen molar-refractivity contribution in [2.45, 2.75) is 53.2 Å². The van der Waals surface area contributed by atoms with Gasteiger partial charge in [0.15, 0.2) is 5.69 Å². The fraction of sp³-hybridized carbons (Fsp3) is 0.385. The van der Waals surface area contributed by atoms with Crippen LogP contribution in [0.4, 0.5) is 5.69 Å². The third kappa shape index (κ3) is 5.56. The van der Waals surface area contributed by atoms with Crippen molar-refractivity contribution >= 4 is 11.6 Å². The number of nitrogens with zero attached hydrogens (tertiary/aromatic N) is 2. The molecular weight excluding hydrogens is 402 g/mol. The van der Waals surface area contributed by atoms with Gasteiger partial charge >= 0.3 is 0 Å². The number of amides is 1. The Morgan fingerprint density at radius 2 is 1.72 bits per heavy atom. The van der Waals surface area contributed by atoms with Gasteiger partial charge in [0.1, 0.15) is 18.1 Å². The molecule has 1 fully saturated rings. The Morgan fingerprint density at radius 1 is 1.03 bits per heavy atom. The number of aromatic nitrogens is 1. The molecule has 32 heavy (non-hydrogen) atoms. The number of benzene rings is 2. The monoisotopic (exact) mass is 433 g/mol. The topological polar surface area (TPSA) is 67.6 Å². The lowest BCUT2D eigenvalue weighted by molar-refractivity contribution is 0.101. The summed E-state index contributed by atoms with van der Waals surface area (Å²) in [5, 5.41) is 6.91. The van der Waals surface area contributed by atoms with Crippen molar-refractivity contribution in [3.8, 4) is 5.75 Å². The third-order valence-electron chi connectivity index (χ3n) is 5.84. The van der Waals surface area contributed by atoms with E-state index in [1.165, 1.54) is 24.8 Å². The SMILES string of the molecule is Cc1cc(C)cc(OCc2c(C(=O)Nc3ccc(CN4CCCCC4)cc3)noc2C)c1. The number of rotatable bonds is 7. The zero-order valence-corrected chi connectivity index (χ0v) is 19.1. The van der Waals surface area contributed by atoms with Gasteiger partial charge in [-0.25, -0.2) is 0 Å². The van der Waals surface area contributed by atoms with E-state index >= 15 is 0 Å². The summed E-state index contributed by atoms with van der Waals surface area (Å²) in [6.45, 7) is 9.35. The van der Waals surface area contributed by atoms with Gasteiger partial charge in [0.2, 0.25) is 0 Å². The first kappa shape index (κ1) is 22.1. The van der Waals surface area contributed by atoms with E-state index in [1.807, 2.05) is 38.1 Å². The number of anilines is 1. The molecule has 0 aliphatic carbocycles. The molecule has 168 valence electrons. The molecule has 0 atom stereocenters. The molecule has 3 aromatic rings. The van der Waals surface area contributed by atoms with Crippen molar-refractivity contribution in [1.82, 2.24) is 10.1 Å². The van der Waals surface area contributed by atoms with Crippen LogP contribution in [0.2, 0.25) is 0 Å². The Balaban J connectivity index is 1.39. The van der Waals surface area contributed by atoms with Crippen LogP contribution in [0.5, 0.6) is 5.75 Å². The predicted molar refractivity (Wildman–Crippen MR) is 125 cm³/mol. The lowest BCUT2D eigenvalue weighted by Gasteiger charge is -2.26. The predicted octanol–water partition coefficient (Wildman–Crippen LogP) is 5.42. The van der Waals surface area contributed by atoms with Crippen LogP contribution >= 0.6 is 0 Å². The second kappa shape index (κ2) is 10.0. The summed E-state index contributed by atoms with van der Waals surface area (Å²) in [6.07, 6.45) is 3.89. The molecule has 1 aromatic heterocycles. The zero-order chi connectivity index (χ0) is 22.5. The van der Waals surface area contributed by atoms with Crippen LogP contribution in [0, 0.1) is 20.8 Å². The van der Waals surface area contributed by atoms with Gasteiger partial charge in [-0.15, -0.1) is 0 Å². The van der Waals surface area contributed by atoms with Gasteiger partial charge < -0.3 is 14.6 Å². The number of carbonyl (C=O) groups excluding carboxylic acids is 1. The molecule has 2 heterocycles. The minimum Gasteiger partial charge on any atom is -0.489 e. The molecule has 1 N–H and O–H groups in total. The average molecular weight is 434 g/mol. The second-order valence-corrected chi connectivity index (χ2v) is 8.67. The standard InChI is InChI=1S/C26H31N3O3/c1-18-13-19(2)15-23(14-18)31-17-24-20(3)32-28-25(24)26(30)27-22-9-7-21(8-10-22)16-29-11-5-4-6-12-29/h7-10,13-15H,4-6,11-12,16-17H2,1-3H3,(H,27,30). The highest BCUT2D eigenvalue weighted by atomic mass is 16.5. The molecule has 0 spiro atoms. The number of hydrogen-bond acceptors (Lipinski definition) is 5. The summed E-state index contributed by atoms with van der Waals surface area (Å²) in [6, 6.07) is 14.1. The largest absolute Gasteiger partial charge is 0.489 e. The van der Waals surface area contributed by atoms with E-state index in [9.17, 15) is 4.79 Å². The number of ether oxygens (including phenoxy) is 1. The van der Waals surface area contributed by atoms with E-state index in [4.69, 9.17) is 9.26 Å². The Kier molecular flexibility index (Phi) is 6.90. The maximum atomic E-state index is 12.9. The molecule has 1 aliphatic rings. The lowest BCUT2D eigenvalue weighted by Crippen LogP contribution is -2.29. The molecule has 1 amide bonds. The molecule has 1 aliphatic heterocycles. The first-order valence-electron chi connectivity index (χ1n) is 11.3. The van der Waals surface area contributed by atoms with Gasteiger partial charge in [-0.3, -0.25) is 9.69 Å². The fourth-order valence-corrected chi connectivity index (χ4v) is 4.17. The van der Waals surface area contributed by atoms with E-state index < -0.39 is 0 Å². The third-order valence-corrected chi connectivity index (χ3v) is 5.84. The van der Waals surface area contributed by atoms with Crippen molar-refractivity contribution in [3.63, 3.8) is 0 Å². The normalized spacial score (nSPS) is 14.3. The van der Waals surface area contributed by atoms with Crippen molar-refractivity contribution in [2.24, 2.45) is 0 Å². The zero-order valence-electron chi connectivity index (χ0n) is 19.1. The molecule has 0 radical (unpaired) electrons. The summed E-state index contributed by atoms with van der Waals surface area (Å²) in [5.74, 6) is 1.04. The van der Waals surface area contributed by atoms with Gasteiger partial charge in [0.05, 0.1) is 5.56 Å². The maximum absolute atomic E-state index is 12.9. The number of aryl methyl sites for hydroxylation is 3. The summed E-state index contributed by atoms with van der Waals surface area (Å²) in [5.41, 5.74) is 5.16. The molecule has 0 unspecified atom stereocenters. The number of likely N-dealkylation sites (tertiary alicyclic amines) is 1. The highest BCUT2D eigenvalue weighted by Crippen LogP contribution is 2.22. The maximum Gasteiger partial charge on any atom is 0.278 e. The van der Waals surface area contributed by atoms with Crippen LogP contribution in [-0.4, -0.2) is 29.1 Å². The average Bonchev–Trinajstić information content (AvgIpc) is 3.14. The van der Waals surface area contributed by atoms with Crippen LogP contribution < -0.4 is 10.1 Å². The van der Waals surface area contributed by atoms with Crippen LogP contribution in [0.3, 0.4) is 0 Å². The molecule has 2 aromatic carbocycles. The van der Waals surface area contributed by atoms with Crippen LogP contribution in [0.25, 0.3) is 0 Å². The second-order valence-electron chi connectivity index (χ2n) is 8.67. The first-order chi connectivity index (χ1) is 15.5. The van der Waals surface area contributed by atoms with E-state index in [0.29, 0.717) is 11.3 Å². The summed E-state index contributed by atoms with van der Waals surface area (Å²) >= 11 is 0. The van der Waals surface area contributed by atoms with Gasteiger partial charge in [-0.2, -0.15) is 0 Å². The van der Waals surface area contributed by atoms with E-state index in [1.54, 1.807) is 6.92 Å². The van der Waals surface area contributed by atoms with Crippen LogP contribution in [-0.2, 0) is 13.2 Å².